The summed E-state index contributed by atoms with van der Waals surface area (Å²) < 4.78 is 22.0. The summed E-state index contributed by atoms with van der Waals surface area (Å²) in [5.74, 6) is -0.0518. The summed E-state index contributed by atoms with van der Waals surface area (Å²) in [5.41, 5.74) is 5.15. The maximum atomic E-state index is 11.0. The molecule has 0 fully saturated rings. The van der Waals surface area contributed by atoms with Gasteiger partial charge in [0, 0.05) is 5.03 Å². The first-order chi connectivity index (χ1) is 4.98. The van der Waals surface area contributed by atoms with Crippen LogP contribution in [0.1, 0.15) is 6.42 Å². The van der Waals surface area contributed by atoms with E-state index in [4.69, 9.17) is 17.3 Å². The van der Waals surface area contributed by atoms with E-state index in [-0.39, 0.29) is 16.5 Å². The van der Waals surface area contributed by atoms with Crippen molar-refractivity contribution in [1.29, 1.82) is 0 Å². The average molecular weight is 198 g/mol. The molecule has 2 N–H and O–H groups in total. The third-order valence-electron chi connectivity index (χ3n) is 1.04. The van der Waals surface area contributed by atoms with E-state index in [0.717, 1.165) is 0 Å². The Bertz CT molecular complexity index is 223. The van der Waals surface area contributed by atoms with Crippen molar-refractivity contribution in [3.05, 3.63) is 11.6 Å². The molecule has 0 aliphatic carbocycles. The molecule has 11 heavy (non-hydrogen) atoms. The Morgan fingerprint density at radius 1 is 1.55 bits per heavy atom. The van der Waals surface area contributed by atoms with Gasteiger partial charge in [-0.05, 0) is 13.0 Å². The van der Waals surface area contributed by atoms with E-state index in [1.807, 2.05) is 0 Å². The maximum absolute atomic E-state index is 11.0. The highest BCUT2D eigenvalue weighted by Crippen LogP contribution is 2.03. The second-order valence-electron chi connectivity index (χ2n) is 2.25. The zero-order valence-electron chi connectivity index (χ0n) is 6.22. The van der Waals surface area contributed by atoms with Crippen molar-refractivity contribution in [3.8, 4) is 0 Å². The highest BCUT2D eigenvalue weighted by atomic mass is 35.5. The quantitative estimate of drug-likeness (QED) is 0.699. The first kappa shape index (κ1) is 10.9. The lowest BCUT2D eigenvalue weighted by Gasteiger charge is -2.00. The van der Waals surface area contributed by atoms with Gasteiger partial charge >= 0.3 is 0 Å². The van der Waals surface area contributed by atoms with Gasteiger partial charge in [-0.15, -0.1) is 0 Å². The van der Waals surface area contributed by atoms with Crippen LogP contribution < -0.4 is 5.73 Å². The van der Waals surface area contributed by atoms with Crippen molar-refractivity contribution in [2.75, 3.05) is 18.1 Å². The van der Waals surface area contributed by atoms with E-state index in [1.165, 1.54) is 0 Å². The normalized spacial score (nSPS) is 11.5. The summed E-state index contributed by atoms with van der Waals surface area (Å²) in [5, 5.41) is 0.155. The molecule has 0 bridgehead atoms. The highest BCUT2D eigenvalue weighted by Gasteiger charge is 2.10. The zero-order chi connectivity index (χ0) is 8.91. The lowest BCUT2D eigenvalue weighted by Crippen LogP contribution is -2.14. The molecule has 0 saturated carbocycles. The average Bonchev–Trinajstić information content (AvgIpc) is 1.81. The SMILES string of the molecule is C=C(Cl)CS(=O)(=O)CCCN. The maximum Gasteiger partial charge on any atom is 0.155 e. The van der Waals surface area contributed by atoms with Crippen LogP contribution in [0.4, 0.5) is 0 Å². The Kier molecular flexibility index (Phi) is 4.72. The van der Waals surface area contributed by atoms with Crippen LogP contribution in [0.3, 0.4) is 0 Å². The summed E-state index contributed by atoms with van der Waals surface area (Å²) >= 11 is 5.34. The van der Waals surface area contributed by atoms with Crippen LogP contribution in [0.5, 0.6) is 0 Å². The minimum atomic E-state index is -3.05. The fraction of sp³-hybridized carbons (Fsp3) is 0.667. The van der Waals surface area contributed by atoms with Gasteiger partial charge in [0.15, 0.2) is 9.84 Å². The molecule has 0 unspecified atom stereocenters. The topological polar surface area (TPSA) is 60.2 Å². The van der Waals surface area contributed by atoms with Gasteiger partial charge < -0.3 is 5.73 Å². The van der Waals surface area contributed by atoms with Gasteiger partial charge in [-0.2, -0.15) is 0 Å². The number of hydrogen-bond acceptors (Lipinski definition) is 3. The molecule has 5 heteroatoms. The smallest absolute Gasteiger partial charge is 0.155 e. The second-order valence-corrected chi connectivity index (χ2v) is 4.97. The van der Waals surface area contributed by atoms with Crippen molar-refractivity contribution in [2.24, 2.45) is 5.73 Å². The summed E-state index contributed by atoms with van der Waals surface area (Å²) in [4.78, 5) is 0. The molecule has 0 heterocycles. The third kappa shape index (κ3) is 6.34. The summed E-state index contributed by atoms with van der Waals surface area (Å²) in [6, 6.07) is 0. The first-order valence-corrected chi connectivity index (χ1v) is 5.41. The Hall–Kier alpha value is -0.0600. The molecular weight excluding hydrogens is 186 g/mol. The molecule has 66 valence electrons. The van der Waals surface area contributed by atoms with Crippen LogP contribution >= 0.6 is 11.6 Å². The van der Waals surface area contributed by atoms with Crippen molar-refractivity contribution >= 4 is 21.4 Å². The van der Waals surface area contributed by atoms with Crippen LogP contribution in [0.2, 0.25) is 0 Å². The summed E-state index contributed by atoms with van der Waals surface area (Å²) in [7, 11) is -3.05. The second kappa shape index (κ2) is 4.74. The molecule has 0 atom stereocenters. The van der Waals surface area contributed by atoms with E-state index < -0.39 is 9.84 Å². The van der Waals surface area contributed by atoms with Gasteiger partial charge in [0.25, 0.3) is 0 Å². The van der Waals surface area contributed by atoms with Gasteiger partial charge in [-0.1, -0.05) is 18.2 Å². The van der Waals surface area contributed by atoms with Crippen molar-refractivity contribution in [3.63, 3.8) is 0 Å². The molecule has 0 spiro atoms. The largest absolute Gasteiger partial charge is 0.330 e. The van der Waals surface area contributed by atoms with E-state index in [2.05, 4.69) is 6.58 Å². The Labute approximate surface area is 72.1 Å². The minimum absolute atomic E-state index is 0.0925. The van der Waals surface area contributed by atoms with Crippen molar-refractivity contribution < 1.29 is 8.42 Å². The molecule has 0 amide bonds. The van der Waals surface area contributed by atoms with E-state index >= 15 is 0 Å². The molecule has 3 nitrogen and oxygen atoms in total. The molecule has 0 aromatic heterocycles. The fourth-order valence-corrected chi connectivity index (χ4v) is 2.34. The van der Waals surface area contributed by atoms with Gasteiger partial charge in [-0.25, -0.2) is 8.42 Å². The third-order valence-corrected chi connectivity index (χ3v) is 3.03. The van der Waals surface area contributed by atoms with Crippen molar-refractivity contribution in [2.45, 2.75) is 6.42 Å². The fourth-order valence-electron chi connectivity index (χ4n) is 0.614. The number of rotatable bonds is 5. The van der Waals surface area contributed by atoms with Crippen molar-refractivity contribution in [1.82, 2.24) is 0 Å². The molecule has 0 radical (unpaired) electrons. The summed E-state index contributed by atoms with van der Waals surface area (Å²) in [6.07, 6.45) is 0.479. The van der Waals surface area contributed by atoms with Gasteiger partial charge in [0.1, 0.15) is 0 Å². The van der Waals surface area contributed by atoms with E-state index in [0.29, 0.717) is 13.0 Å². The lowest BCUT2D eigenvalue weighted by atomic mass is 10.5. The Balaban J connectivity index is 3.92. The molecule has 0 saturated heterocycles. The predicted molar refractivity (Wildman–Crippen MR) is 47.3 cm³/mol. The monoisotopic (exact) mass is 197 g/mol. The van der Waals surface area contributed by atoms with Crippen LogP contribution in [-0.4, -0.2) is 26.5 Å². The number of halogens is 1. The summed E-state index contributed by atoms with van der Waals surface area (Å²) in [6.45, 7) is 3.69. The Morgan fingerprint density at radius 3 is 2.45 bits per heavy atom. The van der Waals surface area contributed by atoms with Gasteiger partial charge in [0.2, 0.25) is 0 Å². The first-order valence-electron chi connectivity index (χ1n) is 3.22. The van der Waals surface area contributed by atoms with Gasteiger partial charge in [0.05, 0.1) is 11.5 Å². The van der Waals surface area contributed by atoms with Crippen LogP contribution in [-0.2, 0) is 9.84 Å². The number of sulfone groups is 1. The van der Waals surface area contributed by atoms with E-state index in [9.17, 15) is 8.42 Å². The highest BCUT2D eigenvalue weighted by molar-refractivity contribution is 7.91. The molecule has 0 aliphatic heterocycles. The van der Waals surface area contributed by atoms with Crippen LogP contribution in [0.15, 0.2) is 11.6 Å². The minimum Gasteiger partial charge on any atom is -0.330 e. The molecule has 0 aliphatic rings. The van der Waals surface area contributed by atoms with Crippen LogP contribution in [0.25, 0.3) is 0 Å². The standard InChI is InChI=1S/C6H12ClNO2S/c1-6(7)5-11(9,10)4-2-3-8/h1-5,8H2. The molecule has 0 rings (SSSR count). The molecule has 0 aromatic rings. The van der Waals surface area contributed by atoms with Crippen LogP contribution in [0, 0.1) is 0 Å². The molecule has 0 aromatic carbocycles. The lowest BCUT2D eigenvalue weighted by molar-refractivity contribution is 0.596. The van der Waals surface area contributed by atoms with Gasteiger partial charge in [-0.3, -0.25) is 0 Å². The molecular formula is C6H12ClNO2S. The predicted octanol–water partition coefficient (Wildman–Crippen LogP) is 0.503. The van der Waals surface area contributed by atoms with E-state index in [1.54, 1.807) is 0 Å². The number of hydrogen-bond donors (Lipinski definition) is 1. The number of nitrogens with two attached hydrogens (primary N) is 1. The Morgan fingerprint density at radius 2 is 2.09 bits per heavy atom. The zero-order valence-corrected chi connectivity index (χ0v) is 7.79.